The standard InChI is InChI=1S/C15H25N3O3/c1-3-20-15(6-4-5-10(2)7-15)14-17-13(21-18-14)11-8-19-9-12(11)16/h10-12H,3-9,16H2,1-2H3. The number of aromatic nitrogens is 2. The number of ether oxygens (including phenoxy) is 2. The zero-order valence-electron chi connectivity index (χ0n) is 12.9. The largest absolute Gasteiger partial charge is 0.379 e. The van der Waals surface area contributed by atoms with Crippen molar-refractivity contribution in [2.24, 2.45) is 11.7 Å². The average molecular weight is 295 g/mol. The minimum Gasteiger partial charge on any atom is -0.379 e. The lowest BCUT2D eigenvalue weighted by molar-refractivity contribution is -0.0891. The van der Waals surface area contributed by atoms with Crippen LogP contribution in [0.3, 0.4) is 0 Å². The molecule has 1 saturated heterocycles. The van der Waals surface area contributed by atoms with Gasteiger partial charge in [-0.15, -0.1) is 0 Å². The molecule has 1 aromatic rings. The molecule has 6 nitrogen and oxygen atoms in total. The highest BCUT2D eigenvalue weighted by Gasteiger charge is 2.42. The van der Waals surface area contributed by atoms with Crippen molar-refractivity contribution in [1.29, 1.82) is 0 Å². The predicted octanol–water partition coefficient (Wildman–Crippen LogP) is 1.95. The molecule has 4 unspecified atom stereocenters. The van der Waals surface area contributed by atoms with Crippen LogP contribution in [0.5, 0.6) is 0 Å². The van der Waals surface area contributed by atoms with E-state index >= 15 is 0 Å². The van der Waals surface area contributed by atoms with Crippen LogP contribution in [0, 0.1) is 5.92 Å². The Bertz CT molecular complexity index is 474. The van der Waals surface area contributed by atoms with Gasteiger partial charge in [0, 0.05) is 12.6 Å². The van der Waals surface area contributed by atoms with E-state index < -0.39 is 5.60 Å². The molecule has 118 valence electrons. The molecular formula is C15H25N3O3. The third-order valence-electron chi connectivity index (χ3n) is 4.67. The molecule has 1 saturated carbocycles. The summed E-state index contributed by atoms with van der Waals surface area (Å²) in [6.45, 7) is 6.04. The van der Waals surface area contributed by atoms with Crippen molar-refractivity contribution in [2.75, 3.05) is 19.8 Å². The SMILES string of the molecule is CCOC1(c2noc(C3COCC3N)n2)CCCC(C)C1. The maximum Gasteiger partial charge on any atom is 0.233 e. The van der Waals surface area contributed by atoms with E-state index in [1.165, 1.54) is 6.42 Å². The first-order valence-corrected chi connectivity index (χ1v) is 7.96. The van der Waals surface area contributed by atoms with E-state index in [1.807, 2.05) is 6.92 Å². The normalized spacial score (nSPS) is 37.0. The van der Waals surface area contributed by atoms with Crippen LogP contribution in [0.1, 0.15) is 57.2 Å². The third kappa shape index (κ3) is 2.84. The van der Waals surface area contributed by atoms with Crippen molar-refractivity contribution in [2.45, 2.75) is 57.1 Å². The Hall–Kier alpha value is -0.980. The van der Waals surface area contributed by atoms with E-state index in [2.05, 4.69) is 17.1 Å². The van der Waals surface area contributed by atoms with Gasteiger partial charge in [-0.2, -0.15) is 4.98 Å². The molecule has 21 heavy (non-hydrogen) atoms. The van der Waals surface area contributed by atoms with E-state index in [1.54, 1.807) is 0 Å². The van der Waals surface area contributed by atoms with Crippen molar-refractivity contribution < 1.29 is 14.0 Å². The molecule has 1 aliphatic carbocycles. The minimum atomic E-state index is -0.391. The second-order valence-electron chi connectivity index (χ2n) is 6.39. The fraction of sp³-hybridized carbons (Fsp3) is 0.867. The Morgan fingerprint density at radius 1 is 1.43 bits per heavy atom. The summed E-state index contributed by atoms with van der Waals surface area (Å²) in [6.07, 6.45) is 4.28. The lowest BCUT2D eigenvalue weighted by Crippen LogP contribution is -2.36. The van der Waals surface area contributed by atoms with Gasteiger partial charge in [-0.25, -0.2) is 0 Å². The van der Waals surface area contributed by atoms with Gasteiger partial charge in [-0.1, -0.05) is 18.5 Å². The number of nitrogens with zero attached hydrogens (tertiary/aromatic N) is 2. The number of nitrogens with two attached hydrogens (primary N) is 1. The first-order valence-electron chi connectivity index (χ1n) is 7.96. The fourth-order valence-electron chi connectivity index (χ4n) is 3.57. The van der Waals surface area contributed by atoms with Crippen molar-refractivity contribution in [1.82, 2.24) is 10.1 Å². The fourth-order valence-corrected chi connectivity index (χ4v) is 3.57. The zero-order chi connectivity index (χ0) is 14.9. The molecule has 2 aliphatic rings. The molecule has 0 bridgehead atoms. The van der Waals surface area contributed by atoms with Gasteiger partial charge in [0.2, 0.25) is 11.7 Å². The zero-order valence-corrected chi connectivity index (χ0v) is 12.9. The predicted molar refractivity (Wildman–Crippen MR) is 76.8 cm³/mol. The quantitative estimate of drug-likeness (QED) is 0.914. The van der Waals surface area contributed by atoms with Crippen LogP contribution in [0.25, 0.3) is 0 Å². The second-order valence-corrected chi connectivity index (χ2v) is 6.39. The van der Waals surface area contributed by atoms with Crippen LogP contribution in [0.4, 0.5) is 0 Å². The van der Waals surface area contributed by atoms with E-state index in [9.17, 15) is 0 Å². The van der Waals surface area contributed by atoms with Crippen molar-refractivity contribution in [3.05, 3.63) is 11.7 Å². The maximum atomic E-state index is 6.08. The summed E-state index contributed by atoms with van der Waals surface area (Å²) in [5, 5.41) is 4.22. The first kappa shape index (κ1) is 14.9. The Balaban J connectivity index is 1.85. The van der Waals surface area contributed by atoms with E-state index in [0.29, 0.717) is 37.5 Å². The van der Waals surface area contributed by atoms with Crippen molar-refractivity contribution in [3.8, 4) is 0 Å². The molecular weight excluding hydrogens is 270 g/mol. The van der Waals surface area contributed by atoms with Gasteiger partial charge < -0.3 is 19.7 Å². The molecule has 0 radical (unpaired) electrons. The molecule has 0 aromatic carbocycles. The lowest BCUT2D eigenvalue weighted by atomic mass is 9.78. The summed E-state index contributed by atoms with van der Waals surface area (Å²) in [5.74, 6) is 1.90. The third-order valence-corrected chi connectivity index (χ3v) is 4.67. The van der Waals surface area contributed by atoms with Gasteiger partial charge in [-0.05, 0) is 32.1 Å². The molecule has 1 aromatic heterocycles. The van der Waals surface area contributed by atoms with E-state index in [4.69, 9.17) is 19.7 Å². The van der Waals surface area contributed by atoms with Gasteiger partial charge in [0.15, 0.2) is 0 Å². The molecule has 0 amide bonds. The highest BCUT2D eigenvalue weighted by molar-refractivity contribution is 5.08. The summed E-state index contributed by atoms with van der Waals surface area (Å²) < 4.78 is 16.9. The van der Waals surface area contributed by atoms with E-state index in [-0.39, 0.29) is 12.0 Å². The van der Waals surface area contributed by atoms with Gasteiger partial charge in [0.25, 0.3) is 0 Å². The molecule has 2 heterocycles. The van der Waals surface area contributed by atoms with Crippen LogP contribution in [0.2, 0.25) is 0 Å². The molecule has 2 fully saturated rings. The van der Waals surface area contributed by atoms with E-state index in [0.717, 1.165) is 19.3 Å². The Morgan fingerprint density at radius 2 is 2.29 bits per heavy atom. The lowest BCUT2D eigenvalue weighted by Gasteiger charge is -2.37. The van der Waals surface area contributed by atoms with Crippen LogP contribution >= 0.6 is 0 Å². The number of hydrogen-bond acceptors (Lipinski definition) is 6. The van der Waals surface area contributed by atoms with Crippen molar-refractivity contribution in [3.63, 3.8) is 0 Å². The Morgan fingerprint density at radius 3 is 2.95 bits per heavy atom. The van der Waals surface area contributed by atoms with Crippen LogP contribution in [-0.4, -0.2) is 36.0 Å². The molecule has 2 N–H and O–H groups in total. The Kier molecular flexibility index (Phi) is 4.28. The monoisotopic (exact) mass is 295 g/mol. The molecule has 4 atom stereocenters. The number of rotatable bonds is 4. The molecule has 0 spiro atoms. The molecule has 6 heteroatoms. The summed E-state index contributed by atoms with van der Waals surface area (Å²) in [6, 6.07) is -0.0633. The van der Waals surface area contributed by atoms with Gasteiger partial charge in [0.1, 0.15) is 5.60 Å². The van der Waals surface area contributed by atoms with Gasteiger partial charge >= 0.3 is 0 Å². The summed E-state index contributed by atoms with van der Waals surface area (Å²) in [7, 11) is 0. The molecule has 1 aliphatic heterocycles. The maximum absolute atomic E-state index is 6.08. The average Bonchev–Trinajstić information content (AvgIpc) is 3.07. The highest BCUT2D eigenvalue weighted by atomic mass is 16.5. The minimum absolute atomic E-state index is 0.00550. The van der Waals surface area contributed by atoms with Crippen LogP contribution in [0.15, 0.2) is 4.52 Å². The topological polar surface area (TPSA) is 83.4 Å². The van der Waals surface area contributed by atoms with Crippen LogP contribution < -0.4 is 5.73 Å². The summed E-state index contributed by atoms with van der Waals surface area (Å²) in [5.41, 5.74) is 5.64. The summed E-state index contributed by atoms with van der Waals surface area (Å²) >= 11 is 0. The van der Waals surface area contributed by atoms with Crippen LogP contribution in [-0.2, 0) is 15.1 Å². The first-order chi connectivity index (χ1) is 10.1. The van der Waals surface area contributed by atoms with Gasteiger partial charge in [0.05, 0.1) is 19.1 Å². The molecule has 3 rings (SSSR count). The summed E-state index contributed by atoms with van der Waals surface area (Å²) in [4.78, 5) is 4.63. The number of hydrogen-bond donors (Lipinski definition) is 1. The van der Waals surface area contributed by atoms with Crippen molar-refractivity contribution >= 4 is 0 Å². The van der Waals surface area contributed by atoms with Gasteiger partial charge in [-0.3, -0.25) is 0 Å². The smallest absolute Gasteiger partial charge is 0.233 e. The second kappa shape index (κ2) is 6.02. The highest BCUT2D eigenvalue weighted by Crippen LogP contribution is 2.42. The Labute approximate surface area is 125 Å².